The standard InChI is InChI=1S/C10H10ClN3/c1-7-3-8(2)14(13-7)10-4-9(11)5-12-6-10/h3-6H,1-2H3. The number of hydrogen-bond acceptors (Lipinski definition) is 2. The first-order valence-corrected chi connectivity index (χ1v) is 4.69. The van der Waals surface area contributed by atoms with Crippen LogP contribution in [0.3, 0.4) is 0 Å². The number of rotatable bonds is 1. The smallest absolute Gasteiger partial charge is 0.0846 e. The first-order valence-electron chi connectivity index (χ1n) is 4.31. The molecule has 3 nitrogen and oxygen atoms in total. The van der Waals surface area contributed by atoms with Gasteiger partial charge in [-0.1, -0.05) is 11.6 Å². The summed E-state index contributed by atoms with van der Waals surface area (Å²) in [5.74, 6) is 0. The van der Waals surface area contributed by atoms with Crippen molar-refractivity contribution < 1.29 is 0 Å². The fourth-order valence-corrected chi connectivity index (χ4v) is 1.57. The highest BCUT2D eigenvalue weighted by molar-refractivity contribution is 6.30. The molecular weight excluding hydrogens is 198 g/mol. The van der Waals surface area contributed by atoms with E-state index in [2.05, 4.69) is 10.1 Å². The Kier molecular flexibility index (Phi) is 2.25. The average Bonchev–Trinajstić information content (AvgIpc) is 2.45. The van der Waals surface area contributed by atoms with Crippen LogP contribution in [-0.4, -0.2) is 14.8 Å². The van der Waals surface area contributed by atoms with E-state index in [1.807, 2.05) is 30.7 Å². The molecule has 2 heterocycles. The van der Waals surface area contributed by atoms with Crippen molar-refractivity contribution in [1.29, 1.82) is 0 Å². The van der Waals surface area contributed by atoms with Crippen LogP contribution in [0.15, 0.2) is 24.5 Å². The molecule has 0 amide bonds. The molecule has 0 atom stereocenters. The lowest BCUT2D eigenvalue weighted by atomic mass is 10.4. The van der Waals surface area contributed by atoms with Crippen molar-refractivity contribution >= 4 is 11.6 Å². The van der Waals surface area contributed by atoms with Crippen molar-refractivity contribution in [3.8, 4) is 5.69 Å². The summed E-state index contributed by atoms with van der Waals surface area (Å²) in [5, 5.41) is 4.96. The molecule has 0 spiro atoms. The maximum Gasteiger partial charge on any atom is 0.0846 e. The molecule has 2 rings (SSSR count). The van der Waals surface area contributed by atoms with Crippen LogP contribution in [0.25, 0.3) is 5.69 Å². The second kappa shape index (κ2) is 3.42. The van der Waals surface area contributed by atoms with Crippen molar-refractivity contribution in [1.82, 2.24) is 14.8 Å². The van der Waals surface area contributed by atoms with Crippen molar-refractivity contribution in [2.45, 2.75) is 13.8 Å². The van der Waals surface area contributed by atoms with Gasteiger partial charge in [0.2, 0.25) is 0 Å². The molecule has 0 unspecified atom stereocenters. The van der Waals surface area contributed by atoms with Gasteiger partial charge in [-0.2, -0.15) is 5.10 Å². The molecule has 0 aromatic carbocycles. The second-order valence-corrected chi connectivity index (χ2v) is 3.64. The van der Waals surface area contributed by atoms with E-state index in [0.29, 0.717) is 5.02 Å². The predicted octanol–water partition coefficient (Wildman–Crippen LogP) is 2.54. The molecule has 0 aliphatic rings. The van der Waals surface area contributed by atoms with Crippen LogP contribution in [0.5, 0.6) is 0 Å². The number of pyridine rings is 1. The Morgan fingerprint density at radius 1 is 1.21 bits per heavy atom. The summed E-state index contributed by atoms with van der Waals surface area (Å²) in [7, 11) is 0. The average molecular weight is 208 g/mol. The van der Waals surface area contributed by atoms with Gasteiger partial charge in [-0.15, -0.1) is 0 Å². The van der Waals surface area contributed by atoms with Gasteiger partial charge in [-0.25, -0.2) is 4.68 Å². The normalized spacial score (nSPS) is 10.5. The quantitative estimate of drug-likeness (QED) is 0.720. The Morgan fingerprint density at radius 3 is 2.57 bits per heavy atom. The summed E-state index contributed by atoms with van der Waals surface area (Å²) in [6.07, 6.45) is 3.35. The Bertz CT molecular complexity index is 462. The van der Waals surface area contributed by atoms with E-state index in [0.717, 1.165) is 17.1 Å². The van der Waals surface area contributed by atoms with Crippen LogP contribution in [0.2, 0.25) is 5.02 Å². The third-order valence-corrected chi connectivity index (χ3v) is 2.15. The SMILES string of the molecule is Cc1cc(C)n(-c2cncc(Cl)c2)n1. The van der Waals surface area contributed by atoms with Crippen molar-refractivity contribution in [3.63, 3.8) is 0 Å². The Labute approximate surface area is 87.3 Å². The van der Waals surface area contributed by atoms with E-state index >= 15 is 0 Å². The minimum Gasteiger partial charge on any atom is -0.261 e. The summed E-state index contributed by atoms with van der Waals surface area (Å²) in [4.78, 5) is 4.02. The second-order valence-electron chi connectivity index (χ2n) is 3.20. The van der Waals surface area contributed by atoms with E-state index in [4.69, 9.17) is 11.6 Å². The van der Waals surface area contributed by atoms with E-state index < -0.39 is 0 Å². The third kappa shape index (κ3) is 1.63. The van der Waals surface area contributed by atoms with Crippen molar-refractivity contribution in [2.24, 2.45) is 0 Å². The minimum absolute atomic E-state index is 0.620. The number of nitrogens with zero attached hydrogens (tertiary/aromatic N) is 3. The molecule has 0 radical (unpaired) electrons. The molecule has 72 valence electrons. The maximum absolute atomic E-state index is 5.85. The third-order valence-electron chi connectivity index (χ3n) is 1.94. The highest BCUT2D eigenvalue weighted by atomic mass is 35.5. The molecule has 0 fully saturated rings. The molecule has 0 bridgehead atoms. The monoisotopic (exact) mass is 207 g/mol. The summed E-state index contributed by atoms with van der Waals surface area (Å²) < 4.78 is 1.83. The lowest BCUT2D eigenvalue weighted by Crippen LogP contribution is -1.99. The number of hydrogen-bond donors (Lipinski definition) is 0. The molecule has 0 saturated carbocycles. The van der Waals surface area contributed by atoms with Crippen LogP contribution in [0.1, 0.15) is 11.4 Å². The summed E-state index contributed by atoms with van der Waals surface area (Å²) in [6.45, 7) is 3.96. The molecule has 2 aromatic rings. The van der Waals surface area contributed by atoms with Gasteiger partial charge in [-0.3, -0.25) is 4.98 Å². The largest absolute Gasteiger partial charge is 0.261 e. The zero-order valence-electron chi connectivity index (χ0n) is 8.03. The zero-order valence-corrected chi connectivity index (χ0v) is 8.78. The number of aromatic nitrogens is 3. The van der Waals surface area contributed by atoms with E-state index in [1.54, 1.807) is 12.4 Å². The van der Waals surface area contributed by atoms with Gasteiger partial charge in [0.1, 0.15) is 0 Å². The van der Waals surface area contributed by atoms with Crippen LogP contribution in [0.4, 0.5) is 0 Å². The van der Waals surface area contributed by atoms with Gasteiger partial charge in [0.15, 0.2) is 0 Å². The first-order chi connectivity index (χ1) is 6.66. The number of halogens is 1. The highest BCUT2D eigenvalue weighted by Crippen LogP contribution is 2.14. The fourth-order valence-electron chi connectivity index (χ4n) is 1.41. The molecule has 2 aromatic heterocycles. The molecule has 0 aliphatic carbocycles. The van der Waals surface area contributed by atoms with Gasteiger partial charge in [0, 0.05) is 11.9 Å². The summed E-state index contributed by atoms with van der Waals surface area (Å²) >= 11 is 5.85. The van der Waals surface area contributed by atoms with E-state index in [9.17, 15) is 0 Å². The van der Waals surface area contributed by atoms with E-state index in [-0.39, 0.29) is 0 Å². The molecule has 0 saturated heterocycles. The van der Waals surface area contributed by atoms with E-state index in [1.165, 1.54) is 0 Å². The Morgan fingerprint density at radius 2 is 2.00 bits per heavy atom. The topological polar surface area (TPSA) is 30.7 Å². The summed E-state index contributed by atoms with van der Waals surface area (Å²) in [6, 6.07) is 3.86. The lowest BCUT2D eigenvalue weighted by molar-refractivity contribution is 0.828. The van der Waals surface area contributed by atoms with Crippen LogP contribution in [0, 0.1) is 13.8 Å². The van der Waals surface area contributed by atoms with Crippen molar-refractivity contribution in [3.05, 3.63) is 40.9 Å². The summed E-state index contributed by atoms with van der Waals surface area (Å²) in [5.41, 5.74) is 2.96. The highest BCUT2D eigenvalue weighted by Gasteiger charge is 2.03. The predicted molar refractivity (Wildman–Crippen MR) is 55.8 cm³/mol. The maximum atomic E-state index is 5.85. The Hall–Kier alpha value is -1.35. The van der Waals surface area contributed by atoms with Crippen LogP contribution < -0.4 is 0 Å². The first kappa shape index (κ1) is 9.21. The molecule has 0 aliphatic heterocycles. The minimum atomic E-state index is 0.620. The van der Waals surface area contributed by atoms with Gasteiger partial charge >= 0.3 is 0 Å². The fraction of sp³-hybridized carbons (Fsp3) is 0.200. The van der Waals surface area contributed by atoms with Gasteiger partial charge < -0.3 is 0 Å². The molecule has 14 heavy (non-hydrogen) atoms. The zero-order chi connectivity index (χ0) is 10.1. The van der Waals surface area contributed by atoms with Crippen LogP contribution >= 0.6 is 11.6 Å². The van der Waals surface area contributed by atoms with Crippen LogP contribution in [-0.2, 0) is 0 Å². The van der Waals surface area contributed by atoms with Crippen molar-refractivity contribution in [2.75, 3.05) is 0 Å². The molecule has 4 heteroatoms. The van der Waals surface area contributed by atoms with Gasteiger partial charge in [0.25, 0.3) is 0 Å². The van der Waals surface area contributed by atoms with Gasteiger partial charge in [0.05, 0.1) is 22.6 Å². The number of aryl methyl sites for hydroxylation is 2. The molecular formula is C10H10ClN3. The lowest BCUT2D eigenvalue weighted by Gasteiger charge is -2.03. The van der Waals surface area contributed by atoms with Gasteiger partial charge in [-0.05, 0) is 26.0 Å². The Balaban J connectivity index is 2.54. The molecule has 0 N–H and O–H groups in total.